The average Bonchev–Trinajstić information content (AvgIpc) is 2.11. The van der Waals surface area contributed by atoms with Crippen LogP contribution in [-0.2, 0) is 4.74 Å². The van der Waals surface area contributed by atoms with Crippen LogP contribution in [0.15, 0.2) is 0 Å². The number of hydrogen-bond acceptors (Lipinski definition) is 2. The molecule has 0 aliphatic rings. The lowest BCUT2D eigenvalue weighted by Crippen LogP contribution is -2.36. The quantitative estimate of drug-likeness (QED) is 0.797. The van der Waals surface area contributed by atoms with E-state index in [1.54, 1.807) is 5.32 Å². The third kappa shape index (κ3) is 10.2. The van der Waals surface area contributed by atoms with Gasteiger partial charge in [0.25, 0.3) is 0 Å². The third-order valence-corrected chi connectivity index (χ3v) is 2.18. The molecule has 1 amide bonds. The van der Waals surface area contributed by atoms with Crippen molar-refractivity contribution in [3.63, 3.8) is 0 Å². The fourth-order valence-corrected chi connectivity index (χ4v) is 1.61. The number of alkyl carbamates (subject to hydrolysis) is 1. The van der Waals surface area contributed by atoms with Crippen LogP contribution < -0.4 is 5.32 Å². The summed E-state index contributed by atoms with van der Waals surface area (Å²) in [7, 11) is 0. The van der Waals surface area contributed by atoms with Gasteiger partial charge in [-0.1, -0.05) is 27.7 Å². The summed E-state index contributed by atoms with van der Waals surface area (Å²) in [6, 6.07) is 0. The highest BCUT2D eigenvalue weighted by Gasteiger charge is 2.28. The van der Waals surface area contributed by atoms with E-state index in [1.807, 2.05) is 27.7 Å². The first kappa shape index (κ1) is 17.1. The number of hydrogen-bond donors (Lipinski definition) is 1. The van der Waals surface area contributed by atoms with Gasteiger partial charge in [0.05, 0.1) is 0 Å². The zero-order valence-electron chi connectivity index (χ0n) is 11.3. The molecule has 0 aromatic rings. The molecule has 0 aliphatic heterocycles. The summed E-state index contributed by atoms with van der Waals surface area (Å²) >= 11 is 0. The fourth-order valence-electron chi connectivity index (χ4n) is 1.61. The SMILES string of the molecule is CC(C)CC(CC(C)C)OC(=O)NCC(F)(F)F. The molecule has 0 aliphatic carbocycles. The standard InChI is InChI=1S/C12H22F3NO2/c1-8(2)5-10(6-9(3)4)18-11(17)16-7-12(13,14)15/h8-10H,5-7H2,1-4H3,(H,16,17). The first-order chi connectivity index (χ1) is 8.10. The normalized spacial score (nSPS) is 12.3. The van der Waals surface area contributed by atoms with E-state index in [0.29, 0.717) is 24.7 Å². The maximum absolute atomic E-state index is 11.9. The van der Waals surface area contributed by atoms with Gasteiger partial charge in [0.2, 0.25) is 0 Å². The Labute approximate surface area is 106 Å². The predicted molar refractivity (Wildman–Crippen MR) is 63.2 cm³/mol. The Bertz CT molecular complexity index is 242. The number of carbonyl (C=O) groups excluding carboxylic acids is 1. The summed E-state index contributed by atoms with van der Waals surface area (Å²) in [5.74, 6) is 0.647. The van der Waals surface area contributed by atoms with Crippen molar-refractivity contribution in [2.24, 2.45) is 11.8 Å². The van der Waals surface area contributed by atoms with E-state index < -0.39 is 18.8 Å². The molecule has 1 N–H and O–H groups in total. The van der Waals surface area contributed by atoms with Gasteiger partial charge in [0, 0.05) is 0 Å². The number of amides is 1. The number of nitrogens with one attached hydrogen (secondary N) is 1. The van der Waals surface area contributed by atoms with Crippen molar-refractivity contribution in [1.82, 2.24) is 5.32 Å². The maximum atomic E-state index is 11.9. The zero-order chi connectivity index (χ0) is 14.3. The van der Waals surface area contributed by atoms with Crippen LogP contribution in [0.5, 0.6) is 0 Å². The maximum Gasteiger partial charge on any atom is 0.407 e. The molecule has 0 saturated heterocycles. The molecular weight excluding hydrogens is 247 g/mol. The fraction of sp³-hybridized carbons (Fsp3) is 0.917. The molecule has 18 heavy (non-hydrogen) atoms. The number of halogens is 3. The Morgan fingerprint density at radius 3 is 1.89 bits per heavy atom. The van der Waals surface area contributed by atoms with Crippen molar-refractivity contribution in [2.75, 3.05) is 6.54 Å². The van der Waals surface area contributed by atoms with Gasteiger partial charge < -0.3 is 10.1 Å². The lowest BCUT2D eigenvalue weighted by Gasteiger charge is -2.21. The lowest BCUT2D eigenvalue weighted by atomic mass is 9.98. The van der Waals surface area contributed by atoms with Gasteiger partial charge in [0.15, 0.2) is 0 Å². The number of rotatable bonds is 6. The second-order valence-electron chi connectivity index (χ2n) is 5.26. The summed E-state index contributed by atoms with van der Waals surface area (Å²) in [4.78, 5) is 11.2. The summed E-state index contributed by atoms with van der Waals surface area (Å²) in [5.41, 5.74) is 0. The molecule has 0 spiro atoms. The van der Waals surface area contributed by atoms with Crippen LogP contribution in [0, 0.1) is 11.8 Å². The van der Waals surface area contributed by atoms with Gasteiger partial charge in [-0.3, -0.25) is 0 Å². The Balaban J connectivity index is 4.17. The second kappa shape index (κ2) is 7.48. The summed E-state index contributed by atoms with van der Waals surface area (Å²) in [6.07, 6.45) is -4.45. The van der Waals surface area contributed by atoms with Crippen molar-refractivity contribution in [2.45, 2.75) is 52.8 Å². The molecule has 0 fully saturated rings. The minimum Gasteiger partial charge on any atom is -0.446 e. The predicted octanol–water partition coefficient (Wildman–Crippen LogP) is 3.74. The Kier molecular flexibility index (Phi) is 7.09. The van der Waals surface area contributed by atoms with Crippen molar-refractivity contribution < 1.29 is 22.7 Å². The first-order valence-electron chi connectivity index (χ1n) is 6.11. The van der Waals surface area contributed by atoms with E-state index in [2.05, 4.69) is 0 Å². The van der Waals surface area contributed by atoms with Crippen molar-refractivity contribution in [1.29, 1.82) is 0 Å². The van der Waals surface area contributed by atoms with Gasteiger partial charge in [-0.25, -0.2) is 4.79 Å². The molecule has 3 nitrogen and oxygen atoms in total. The van der Waals surface area contributed by atoms with Crippen LogP contribution in [0.2, 0.25) is 0 Å². The van der Waals surface area contributed by atoms with E-state index in [0.717, 1.165) is 0 Å². The van der Waals surface area contributed by atoms with Crippen LogP contribution in [0.1, 0.15) is 40.5 Å². The molecule has 0 radical (unpaired) electrons. The van der Waals surface area contributed by atoms with Gasteiger partial charge in [-0.05, 0) is 24.7 Å². The summed E-state index contributed by atoms with van der Waals surface area (Å²) in [6.45, 7) is 6.55. The molecule has 0 aromatic heterocycles. The Morgan fingerprint density at radius 2 is 1.56 bits per heavy atom. The van der Waals surface area contributed by atoms with E-state index in [9.17, 15) is 18.0 Å². The van der Waals surface area contributed by atoms with Gasteiger partial charge in [0.1, 0.15) is 12.6 Å². The van der Waals surface area contributed by atoms with Crippen molar-refractivity contribution in [3.8, 4) is 0 Å². The van der Waals surface area contributed by atoms with Crippen LogP contribution >= 0.6 is 0 Å². The summed E-state index contributed by atoms with van der Waals surface area (Å²) in [5, 5.41) is 1.71. The zero-order valence-corrected chi connectivity index (χ0v) is 11.3. The smallest absolute Gasteiger partial charge is 0.407 e. The van der Waals surface area contributed by atoms with Gasteiger partial charge in [-0.2, -0.15) is 13.2 Å². The van der Waals surface area contributed by atoms with Crippen molar-refractivity contribution in [3.05, 3.63) is 0 Å². The molecule has 108 valence electrons. The molecule has 0 rings (SSSR count). The van der Waals surface area contributed by atoms with E-state index in [1.165, 1.54) is 0 Å². The topological polar surface area (TPSA) is 38.3 Å². The first-order valence-corrected chi connectivity index (χ1v) is 6.11. The Hall–Kier alpha value is -0.940. The van der Waals surface area contributed by atoms with E-state index >= 15 is 0 Å². The molecule has 0 atom stereocenters. The number of ether oxygens (including phenoxy) is 1. The van der Waals surface area contributed by atoms with Crippen LogP contribution in [-0.4, -0.2) is 24.9 Å². The van der Waals surface area contributed by atoms with Crippen LogP contribution in [0.25, 0.3) is 0 Å². The van der Waals surface area contributed by atoms with Crippen molar-refractivity contribution >= 4 is 6.09 Å². The third-order valence-electron chi connectivity index (χ3n) is 2.18. The number of alkyl halides is 3. The van der Waals surface area contributed by atoms with Gasteiger partial charge in [-0.15, -0.1) is 0 Å². The van der Waals surface area contributed by atoms with E-state index in [4.69, 9.17) is 4.74 Å². The molecule has 0 aromatic carbocycles. The van der Waals surface area contributed by atoms with Crippen LogP contribution in [0.4, 0.5) is 18.0 Å². The molecular formula is C12H22F3NO2. The summed E-state index contributed by atoms with van der Waals surface area (Å²) < 4.78 is 40.7. The second-order valence-corrected chi connectivity index (χ2v) is 5.26. The Morgan fingerprint density at radius 1 is 1.11 bits per heavy atom. The molecule has 0 saturated carbocycles. The largest absolute Gasteiger partial charge is 0.446 e. The molecule has 0 bridgehead atoms. The lowest BCUT2D eigenvalue weighted by molar-refractivity contribution is -0.124. The molecule has 0 heterocycles. The highest BCUT2D eigenvalue weighted by atomic mass is 19.4. The molecule has 0 unspecified atom stereocenters. The van der Waals surface area contributed by atoms with E-state index in [-0.39, 0.29) is 6.10 Å². The average molecular weight is 269 g/mol. The minimum absolute atomic E-state index is 0.323. The highest BCUT2D eigenvalue weighted by molar-refractivity contribution is 5.67. The molecule has 6 heteroatoms. The highest BCUT2D eigenvalue weighted by Crippen LogP contribution is 2.17. The monoisotopic (exact) mass is 269 g/mol. The minimum atomic E-state index is -4.41. The van der Waals surface area contributed by atoms with Crippen LogP contribution in [0.3, 0.4) is 0 Å². The van der Waals surface area contributed by atoms with Gasteiger partial charge >= 0.3 is 12.3 Å². The number of carbonyl (C=O) groups is 1.